The molecule has 1 atom stereocenters. The molecule has 3 heteroatoms. The van der Waals surface area contributed by atoms with Gasteiger partial charge in [-0.1, -0.05) is 19.1 Å². The number of aryl methyl sites for hydroxylation is 1. The summed E-state index contributed by atoms with van der Waals surface area (Å²) in [6.07, 6.45) is 4.61. The third-order valence-corrected chi connectivity index (χ3v) is 3.09. The summed E-state index contributed by atoms with van der Waals surface area (Å²) < 4.78 is 5.73. The molecule has 0 spiro atoms. The first-order valence-corrected chi connectivity index (χ1v) is 6.58. The van der Waals surface area contributed by atoms with Crippen LogP contribution in [0.4, 0.5) is 0 Å². The Hall–Kier alpha value is -1.87. The molecule has 100 valence electrons. The summed E-state index contributed by atoms with van der Waals surface area (Å²) in [5.41, 5.74) is 9.34. The summed E-state index contributed by atoms with van der Waals surface area (Å²) in [5, 5.41) is 0. The molecule has 0 radical (unpaired) electrons. The van der Waals surface area contributed by atoms with Crippen LogP contribution in [0.2, 0.25) is 0 Å². The van der Waals surface area contributed by atoms with Crippen LogP contribution in [0.25, 0.3) is 0 Å². The Balaban J connectivity index is 1.96. The largest absolute Gasteiger partial charge is 0.489 e. The van der Waals surface area contributed by atoms with Gasteiger partial charge in [0.1, 0.15) is 12.4 Å². The van der Waals surface area contributed by atoms with Gasteiger partial charge >= 0.3 is 0 Å². The van der Waals surface area contributed by atoms with E-state index >= 15 is 0 Å². The van der Waals surface area contributed by atoms with Gasteiger partial charge in [0.2, 0.25) is 0 Å². The smallest absolute Gasteiger partial charge is 0.119 e. The van der Waals surface area contributed by atoms with Crippen LogP contribution in [0.3, 0.4) is 0 Å². The highest BCUT2D eigenvalue weighted by Crippen LogP contribution is 2.19. The second-order valence-corrected chi connectivity index (χ2v) is 4.74. The molecule has 3 nitrogen and oxygen atoms in total. The fourth-order valence-corrected chi connectivity index (χ4v) is 1.91. The minimum absolute atomic E-state index is 0.107. The normalized spacial score (nSPS) is 12.2. The van der Waals surface area contributed by atoms with Crippen molar-refractivity contribution in [2.75, 3.05) is 0 Å². The summed E-state index contributed by atoms with van der Waals surface area (Å²) in [5.74, 6) is 0.855. The van der Waals surface area contributed by atoms with Crippen molar-refractivity contribution in [1.29, 1.82) is 0 Å². The van der Waals surface area contributed by atoms with Gasteiger partial charge in [0.15, 0.2) is 0 Å². The highest BCUT2D eigenvalue weighted by molar-refractivity contribution is 5.29. The molecule has 0 aliphatic heterocycles. The zero-order valence-corrected chi connectivity index (χ0v) is 11.5. The van der Waals surface area contributed by atoms with Crippen LogP contribution in [-0.2, 0) is 6.61 Å². The Labute approximate surface area is 114 Å². The molecule has 0 unspecified atom stereocenters. The maximum absolute atomic E-state index is 5.98. The van der Waals surface area contributed by atoms with Gasteiger partial charge in [0.05, 0.1) is 0 Å². The lowest BCUT2D eigenvalue weighted by Gasteiger charge is -2.11. The van der Waals surface area contributed by atoms with Crippen LogP contribution in [-0.4, -0.2) is 4.98 Å². The van der Waals surface area contributed by atoms with Crippen molar-refractivity contribution in [3.63, 3.8) is 0 Å². The average Bonchev–Trinajstić information content (AvgIpc) is 2.45. The summed E-state index contributed by atoms with van der Waals surface area (Å²) in [6, 6.07) is 10.2. The van der Waals surface area contributed by atoms with Crippen LogP contribution >= 0.6 is 0 Å². The molecule has 2 N–H and O–H groups in total. The predicted octanol–water partition coefficient (Wildman–Crippen LogP) is 3.38. The van der Waals surface area contributed by atoms with E-state index in [0.29, 0.717) is 6.61 Å². The standard InChI is InChI=1S/C16H20N2O/c1-3-16(17)14-4-6-15(7-5-14)19-11-13-8-12(2)9-18-10-13/h4-10,16H,3,11,17H2,1-2H3/t16-/m1/s1. The van der Waals surface area contributed by atoms with Gasteiger partial charge in [-0.2, -0.15) is 0 Å². The van der Waals surface area contributed by atoms with E-state index in [1.165, 1.54) is 0 Å². The van der Waals surface area contributed by atoms with Gasteiger partial charge in [0.25, 0.3) is 0 Å². The maximum atomic E-state index is 5.98. The van der Waals surface area contributed by atoms with Gasteiger partial charge in [-0.05, 0) is 42.7 Å². The minimum Gasteiger partial charge on any atom is -0.489 e. The average molecular weight is 256 g/mol. The molecule has 1 heterocycles. The van der Waals surface area contributed by atoms with Gasteiger partial charge in [-0.25, -0.2) is 0 Å². The van der Waals surface area contributed by atoms with E-state index in [-0.39, 0.29) is 6.04 Å². The Morgan fingerprint density at radius 1 is 1.21 bits per heavy atom. The summed E-state index contributed by atoms with van der Waals surface area (Å²) in [7, 11) is 0. The quantitative estimate of drug-likeness (QED) is 0.892. The molecule has 0 fully saturated rings. The molecule has 0 aliphatic rings. The van der Waals surface area contributed by atoms with Crippen LogP contribution < -0.4 is 10.5 Å². The molecule has 2 aromatic rings. The number of hydrogen-bond acceptors (Lipinski definition) is 3. The van der Waals surface area contributed by atoms with Crippen molar-refractivity contribution in [1.82, 2.24) is 4.98 Å². The van der Waals surface area contributed by atoms with Crippen LogP contribution in [0, 0.1) is 6.92 Å². The highest BCUT2D eigenvalue weighted by atomic mass is 16.5. The van der Waals surface area contributed by atoms with Crippen LogP contribution in [0.5, 0.6) is 5.75 Å². The van der Waals surface area contributed by atoms with Crippen molar-refractivity contribution in [3.8, 4) is 5.75 Å². The third kappa shape index (κ3) is 3.80. The zero-order valence-electron chi connectivity index (χ0n) is 11.5. The molecule has 19 heavy (non-hydrogen) atoms. The van der Waals surface area contributed by atoms with E-state index < -0.39 is 0 Å². The second kappa shape index (κ2) is 6.34. The minimum atomic E-state index is 0.107. The SMILES string of the molecule is CC[C@@H](N)c1ccc(OCc2cncc(C)c2)cc1. The molecule has 0 amide bonds. The Kier molecular flexibility index (Phi) is 4.53. The van der Waals surface area contributed by atoms with E-state index in [1.807, 2.05) is 43.6 Å². The molecule has 0 saturated heterocycles. The molecular formula is C16H20N2O. The number of rotatable bonds is 5. The molecule has 1 aromatic heterocycles. The first-order chi connectivity index (χ1) is 9.19. The van der Waals surface area contributed by atoms with E-state index in [1.54, 1.807) is 0 Å². The highest BCUT2D eigenvalue weighted by Gasteiger charge is 2.03. The zero-order chi connectivity index (χ0) is 13.7. The maximum Gasteiger partial charge on any atom is 0.119 e. The lowest BCUT2D eigenvalue weighted by molar-refractivity contribution is 0.305. The molecule has 2 rings (SSSR count). The van der Waals surface area contributed by atoms with E-state index in [2.05, 4.69) is 18.0 Å². The van der Waals surface area contributed by atoms with Crippen molar-refractivity contribution in [3.05, 3.63) is 59.4 Å². The third-order valence-electron chi connectivity index (χ3n) is 3.09. The van der Waals surface area contributed by atoms with Gasteiger partial charge in [-0.15, -0.1) is 0 Å². The lowest BCUT2D eigenvalue weighted by atomic mass is 10.1. The second-order valence-electron chi connectivity index (χ2n) is 4.74. The fraction of sp³-hybridized carbons (Fsp3) is 0.312. The number of nitrogens with zero attached hydrogens (tertiary/aromatic N) is 1. The van der Waals surface area contributed by atoms with Crippen LogP contribution in [0.1, 0.15) is 36.1 Å². The van der Waals surface area contributed by atoms with Crippen LogP contribution in [0.15, 0.2) is 42.7 Å². The van der Waals surface area contributed by atoms with E-state index in [0.717, 1.165) is 28.9 Å². The topological polar surface area (TPSA) is 48.1 Å². The number of benzene rings is 1. The van der Waals surface area contributed by atoms with Crippen molar-refractivity contribution in [2.45, 2.75) is 32.9 Å². The number of pyridine rings is 1. The monoisotopic (exact) mass is 256 g/mol. The van der Waals surface area contributed by atoms with Crippen molar-refractivity contribution >= 4 is 0 Å². The Bertz CT molecular complexity index is 523. The van der Waals surface area contributed by atoms with Gasteiger partial charge in [0, 0.05) is 24.0 Å². The lowest BCUT2D eigenvalue weighted by Crippen LogP contribution is -2.08. The number of ether oxygens (including phenoxy) is 1. The van der Waals surface area contributed by atoms with Crippen molar-refractivity contribution < 1.29 is 4.74 Å². The first kappa shape index (κ1) is 13.6. The Morgan fingerprint density at radius 2 is 1.95 bits per heavy atom. The number of aromatic nitrogens is 1. The van der Waals surface area contributed by atoms with Crippen molar-refractivity contribution in [2.24, 2.45) is 5.73 Å². The fourth-order valence-electron chi connectivity index (χ4n) is 1.91. The van der Waals surface area contributed by atoms with E-state index in [9.17, 15) is 0 Å². The molecule has 0 saturated carbocycles. The van der Waals surface area contributed by atoms with E-state index in [4.69, 9.17) is 10.5 Å². The predicted molar refractivity (Wildman–Crippen MR) is 77.0 cm³/mol. The summed E-state index contributed by atoms with van der Waals surface area (Å²) >= 11 is 0. The number of nitrogens with two attached hydrogens (primary N) is 1. The van der Waals surface area contributed by atoms with Gasteiger partial charge < -0.3 is 10.5 Å². The summed E-state index contributed by atoms with van der Waals surface area (Å²) in [4.78, 5) is 4.15. The molecule has 1 aromatic carbocycles. The Morgan fingerprint density at radius 3 is 2.58 bits per heavy atom. The summed E-state index contributed by atoms with van der Waals surface area (Å²) in [6.45, 7) is 4.64. The molecular weight excluding hydrogens is 236 g/mol. The molecule has 0 aliphatic carbocycles. The number of hydrogen-bond donors (Lipinski definition) is 1. The first-order valence-electron chi connectivity index (χ1n) is 6.58. The van der Waals surface area contributed by atoms with Gasteiger partial charge in [-0.3, -0.25) is 4.98 Å². The molecule has 0 bridgehead atoms.